The van der Waals surface area contributed by atoms with Gasteiger partial charge in [-0.1, -0.05) is 13.8 Å². The van der Waals surface area contributed by atoms with Gasteiger partial charge in [-0.25, -0.2) is 0 Å². The lowest BCUT2D eigenvalue weighted by atomic mass is 10.4. The van der Waals surface area contributed by atoms with Gasteiger partial charge in [-0.15, -0.1) is 0 Å². The number of hydrogen-bond acceptors (Lipinski definition) is 3. The summed E-state index contributed by atoms with van der Waals surface area (Å²) in [5.74, 6) is 1.01. The van der Waals surface area contributed by atoms with Gasteiger partial charge in [-0.2, -0.15) is 11.8 Å². The molecule has 2 N–H and O–H groups in total. The molecule has 74 valence electrons. The largest absolute Gasteiger partial charge is 0.380 e. The highest BCUT2D eigenvalue weighted by Crippen LogP contribution is 2.13. The third-order valence-electron chi connectivity index (χ3n) is 1.71. The molecule has 0 saturated heterocycles. The SMILES string of the molecule is CCOCC(N)CSC(C)CC. The maximum atomic E-state index is 5.82. The number of ether oxygens (including phenoxy) is 1. The van der Waals surface area contributed by atoms with E-state index in [-0.39, 0.29) is 6.04 Å². The molecule has 2 unspecified atom stereocenters. The molecule has 2 atom stereocenters. The second kappa shape index (κ2) is 7.90. The van der Waals surface area contributed by atoms with Crippen molar-refractivity contribution in [2.75, 3.05) is 19.0 Å². The molecule has 0 aliphatic heterocycles. The highest BCUT2D eigenvalue weighted by Gasteiger charge is 2.05. The zero-order valence-corrected chi connectivity index (χ0v) is 9.19. The maximum Gasteiger partial charge on any atom is 0.0625 e. The van der Waals surface area contributed by atoms with Crippen LogP contribution in [0, 0.1) is 0 Å². The van der Waals surface area contributed by atoms with Crippen LogP contribution in [0.25, 0.3) is 0 Å². The van der Waals surface area contributed by atoms with Gasteiger partial charge in [-0.3, -0.25) is 0 Å². The van der Waals surface area contributed by atoms with Crippen LogP contribution in [0.3, 0.4) is 0 Å². The molecule has 0 spiro atoms. The molecule has 0 aromatic rings. The Morgan fingerprint density at radius 1 is 1.42 bits per heavy atom. The molecule has 0 radical (unpaired) electrons. The summed E-state index contributed by atoms with van der Waals surface area (Å²) in [7, 11) is 0. The van der Waals surface area contributed by atoms with Gasteiger partial charge in [0.25, 0.3) is 0 Å². The van der Waals surface area contributed by atoms with E-state index in [1.165, 1.54) is 6.42 Å². The van der Waals surface area contributed by atoms with E-state index in [0.29, 0.717) is 6.61 Å². The molecule has 0 aliphatic rings. The normalized spacial score (nSPS) is 16.0. The summed E-state index contributed by atoms with van der Waals surface area (Å²) >= 11 is 1.93. The van der Waals surface area contributed by atoms with Gasteiger partial charge in [0.2, 0.25) is 0 Å². The summed E-state index contributed by atoms with van der Waals surface area (Å²) < 4.78 is 5.22. The summed E-state index contributed by atoms with van der Waals surface area (Å²) in [6, 6.07) is 0.198. The van der Waals surface area contributed by atoms with E-state index in [9.17, 15) is 0 Å². The van der Waals surface area contributed by atoms with Crippen LogP contribution in [0.1, 0.15) is 27.2 Å². The first-order chi connectivity index (χ1) is 5.70. The van der Waals surface area contributed by atoms with E-state index in [1.54, 1.807) is 0 Å². The molecule has 0 aromatic carbocycles. The lowest BCUT2D eigenvalue weighted by Gasteiger charge is -2.13. The smallest absolute Gasteiger partial charge is 0.0625 e. The highest BCUT2D eigenvalue weighted by molar-refractivity contribution is 7.99. The zero-order chi connectivity index (χ0) is 9.40. The molecule has 0 saturated carbocycles. The van der Waals surface area contributed by atoms with E-state index >= 15 is 0 Å². The molecule has 12 heavy (non-hydrogen) atoms. The molecule has 0 aromatic heterocycles. The van der Waals surface area contributed by atoms with E-state index in [0.717, 1.165) is 17.6 Å². The average molecular weight is 191 g/mol. The monoisotopic (exact) mass is 191 g/mol. The average Bonchev–Trinajstić information content (AvgIpc) is 2.10. The first-order valence-electron chi connectivity index (χ1n) is 4.65. The first-order valence-corrected chi connectivity index (χ1v) is 5.70. The van der Waals surface area contributed by atoms with Crippen molar-refractivity contribution in [2.45, 2.75) is 38.5 Å². The molecule has 0 bridgehead atoms. The van der Waals surface area contributed by atoms with Crippen molar-refractivity contribution < 1.29 is 4.74 Å². The number of hydrogen-bond donors (Lipinski definition) is 1. The van der Waals surface area contributed by atoms with Crippen LogP contribution in [0.15, 0.2) is 0 Å². The minimum Gasteiger partial charge on any atom is -0.380 e. The quantitative estimate of drug-likeness (QED) is 0.667. The fraction of sp³-hybridized carbons (Fsp3) is 1.00. The van der Waals surface area contributed by atoms with Gasteiger partial charge in [0, 0.05) is 23.7 Å². The van der Waals surface area contributed by atoms with Gasteiger partial charge in [0.1, 0.15) is 0 Å². The fourth-order valence-electron chi connectivity index (χ4n) is 0.723. The molecular weight excluding hydrogens is 170 g/mol. The Morgan fingerprint density at radius 2 is 2.08 bits per heavy atom. The Bertz CT molecular complexity index is 101. The van der Waals surface area contributed by atoms with Crippen LogP contribution in [-0.4, -0.2) is 30.3 Å². The molecular formula is C9H21NOS. The third kappa shape index (κ3) is 6.95. The van der Waals surface area contributed by atoms with Crippen molar-refractivity contribution in [1.29, 1.82) is 0 Å². The summed E-state index contributed by atoms with van der Waals surface area (Å²) in [5, 5.41) is 0.720. The van der Waals surface area contributed by atoms with E-state index in [4.69, 9.17) is 10.5 Å². The van der Waals surface area contributed by atoms with Crippen molar-refractivity contribution in [2.24, 2.45) is 5.73 Å². The molecule has 3 heteroatoms. The summed E-state index contributed by atoms with van der Waals surface area (Å²) in [4.78, 5) is 0. The lowest BCUT2D eigenvalue weighted by Crippen LogP contribution is -2.29. The minimum atomic E-state index is 0.198. The Balaban J connectivity index is 3.24. The molecule has 0 amide bonds. The van der Waals surface area contributed by atoms with E-state index in [1.807, 2.05) is 18.7 Å². The van der Waals surface area contributed by atoms with Crippen LogP contribution in [0.4, 0.5) is 0 Å². The van der Waals surface area contributed by atoms with Crippen molar-refractivity contribution in [3.63, 3.8) is 0 Å². The van der Waals surface area contributed by atoms with Gasteiger partial charge in [0.15, 0.2) is 0 Å². The van der Waals surface area contributed by atoms with Crippen LogP contribution < -0.4 is 5.73 Å². The lowest BCUT2D eigenvalue weighted by molar-refractivity contribution is 0.138. The van der Waals surface area contributed by atoms with Gasteiger partial charge < -0.3 is 10.5 Å². The van der Waals surface area contributed by atoms with Gasteiger partial charge in [0.05, 0.1) is 6.61 Å². The van der Waals surface area contributed by atoms with Crippen molar-refractivity contribution in [1.82, 2.24) is 0 Å². The van der Waals surface area contributed by atoms with Crippen LogP contribution in [-0.2, 0) is 4.74 Å². The molecule has 0 heterocycles. The Labute approximate surface area is 80.2 Å². The molecule has 0 fully saturated rings. The second-order valence-corrected chi connectivity index (χ2v) is 4.44. The summed E-state index contributed by atoms with van der Waals surface area (Å²) in [6.45, 7) is 7.89. The Morgan fingerprint density at radius 3 is 2.58 bits per heavy atom. The van der Waals surface area contributed by atoms with Crippen molar-refractivity contribution in [3.05, 3.63) is 0 Å². The number of thioether (sulfide) groups is 1. The van der Waals surface area contributed by atoms with Crippen molar-refractivity contribution in [3.8, 4) is 0 Å². The third-order valence-corrected chi connectivity index (χ3v) is 3.23. The summed E-state index contributed by atoms with van der Waals surface area (Å²) in [5.41, 5.74) is 5.82. The number of nitrogens with two attached hydrogens (primary N) is 1. The Kier molecular flexibility index (Phi) is 8.07. The van der Waals surface area contributed by atoms with Gasteiger partial charge >= 0.3 is 0 Å². The maximum absolute atomic E-state index is 5.82. The minimum absolute atomic E-state index is 0.198. The van der Waals surface area contributed by atoms with Gasteiger partial charge in [-0.05, 0) is 13.3 Å². The van der Waals surface area contributed by atoms with E-state index in [2.05, 4.69) is 13.8 Å². The van der Waals surface area contributed by atoms with Crippen molar-refractivity contribution >= 4 is 11.8 Å². The second-order valence-electron chi connectivity index (χ2n) is 2.97. The first kappa shape index (κ1) is 12.3. The fourth-order valence-corrected chi connectivity index (χ4v) is 1.63. The molecule has 0 rings (SSSR count). The highest BCUT2D eigenvalue weighted by atomic mass is 32.2. The standard InChI is InChI=1S/C9H21NOS/c1-4-8(3)12-7-9(10)6-11-5-2/h8-9H,4-7,10H2,1-3H3. The van der Waals surface area contributed by atoms with Crippen LogP contribution in [0.2, 0.25) is 0 Å². The predicted molar refractivity (Wildman–Crippen MR) is 56.7 cm³/mol. The predicted octanol–water partition coefficient (Wildman–Crippen LogP) is 1.88. The zero-order valence-electron chi connectivity index (χ0n) is 8.38. The molecule has 2 nitrogen and oxygen atoms in total. The van der Waals surface area contributed by atoms with Crippen LogP contribution in [0.5, 0.6) is 0 Å². The Hall–Kier alpha value is 0.270. The summed E-state index contributed by atoms with van der Waals surface area (Å²) in [6.07, 6.45) is 1.21. The topological polar surface area (TPSA) is 35.2 Å². The van der Waals surface area contributed by atoms with Crippen LogP contribution >= 0.6 is 11.8 Å². The van der Waals surface area contributed by atoms with E-state index < -0.39 is 0 Å². The molecule has 0 aliphatic carbocycles. The number of rotatable bonds is 7.